The van der Waals surface area contributed by atoms with Gasteiger partial charge in [0.15, 0.2) is 0 Å². The van der Waals surface area contributed by atoms with E-state index in [0.717, 1.165) is 5.56 Å². The van der Waals surface area contributed by atoms with Gasteiger partial charge in [-0.15, -0.1) is 0 Å². The van der Waals surface area contributed by atoms with Crippen LogP contribution in [0.5, 0.6) is 0 Å². The highest BCUT2D eigenvalue weighted by Crippen LogP contribution is 2.60. The zero-order valence-electron chi connectivity index (χ0n) is 10.7. The largest absolute Gasteiger partial charge is 0.289 e. The number of carbonyl (C=O) groups excluding carboxylic acids is 1. The normalized spacial score (nSPS) is 24.2. The van der Waals surface area contributed by atoms with Crippen molar-refractivity contribution >= 4 is 5.91 Å². The maximum Gasteiger partial charge on any atom is 0.247 e. The van der Waals surface area contributed by atoms with E-state index in [-0.39, 0.29) is 17.7 Å². The van der Waals surface area contributed by atoms with Gasteiger partial charge in [-0.3, -0.25) is 10.0 Å². The van der Waals surface area contributed by atoms with Crippen LogP contribution >= 0.6 is 0 Å². The zero-order chi connectivity index (χ0) is 14.1. The monoisotopic (exact) mass is 271 g/mol. The Morgan fingerprint density at radius 3 is 2.30 bits per heavy atom. The second-order valence-electron chi connectivity index (χ2n) is 4.99. The maximum atomic E-state index is 13.9. The minimum Gasteiger partial charge on any atom is -0.289 e. The molecule has 0 saturated heterocycles. The highest BCUT2D eigenvalue weighted by atomic mass is 19.1. The minimum absolute atomic E-state index is 0.0970. The van der Waals surface area contributed by atoms with Crippen molar-refractivity contribution in [1.29, 1.82) is 0 Å². The molecule has 1 saturated carbocycles. The number of hydroxylamine groups is 1. The fraction of sp³-hybridized carbons (Fsp3) is 0.188. The van der Waals surface area contributed by atoms with Gasteiger partial charge < -0.3 is 0 Å². The molecule has 2 N–H and O–H groups in total. The Bertz CT molecular complexity index is 629. The van der Waals surface area contributed by atoms with Crippen LogP contribution in [0.25, 0.3) is 0 Å². The molecule has 3 atom stereocenters. The van der Waals surface area contributed by atoms with E-state index < -0.39 is 11.8 Å². The molecule has 102 valence electrons. The Hall–Kier alpha value is -2.20. The summed E-state index contributed by atoms with van der Waals surface area (Å²) in [6.45, 7) is 0. The molecular formula is C16H14FNO2. The highest BCUT2D eigenvalue weighted by molar-refractivity contribution is 5.84. The molecule has 1 fully saturated rings. The first-order valence-electron chi connectivity index (χ1n) is 6.47. The van der Waals surface area contributed by atoms with Crippen LogP contribution in [0.2, 0.25) is 0 Å². The second kappa shape index (κ2) is 5.06. The molecule has 3 rings (SSSR count). The summed E-state index contributed by atoms with van der Waals surface area (Å²) in [5, 5.41) is 8.85. The molecule has 0 heterocycles. The minimum atomic E-state index is -0.466. The molecule has 4 heteroatoms. The van der Waals surface area contributed by atoms with Crippen molar-refractivity contribution in [2.75, 3.05) is 0 Å². The topological polar surface area (TPSA) is 49.3 Å². The number of amides is 1. The van der Waals surface area contributed by atoms with E-state index in [1.807, 2.05) is 30.3 Å². The molecule has 3 nitrogen and oxygen atoms in total. The lowest BCUT2D eigenvalue weighted by Crippen LogP contribution is -2.21. The lowest BCUT2D eigenvalue weighted by atomic mass is 10.0. The summed E-state index contributed by atoms with van der Waals surface area (Å²) in [5.74, 6) is -1.54. The number of halogens is 1. The SMILES string of the molecule is O=C(NO)C1C(c2ccccc2F)[C@H]1c1ccccc1. The van der Waals surface area contributed by atoms with Crippen LogP contribution in [0.4, 0.5) is 4.39 Å². The smallest absolute Gasteiger partial charge is 0.247 e. The van der Waals surface area contributed by atoms with E-state index in [0.29, 0.717) is 5.56 Å². The summed E-state index contributed by atoms with van der Waals surface area (Å²) in [6, 6.07) is 16.0. The first-order valence-corrected chi connectivity index (χ1v) is 6.47. The van der Waals surface area contributed by atoms with E-state index in [9.17, 15) is 9.18 Å². The molecule has 0 bridgehead atoms. The van der Waals surface area contributed by atoms with Crippen LogP contribution in [0.3, 0.4) is 0 Å². The number of nitrogens with one attached hydrogen (secondary N) is 1. The number of benzene rings is 2. The highest BCUT2D eigenvalue weighted by Gasteiger charge is 2.56. The first-order chi connectivity index (χ1) is 9.74. The predicted molar refractivity (Wildman–Crippen MR) is 71.7 cm³/mol. The summed E-state index contributed by atoms with van der Waals surface area (Å²) in [4.78, 5) is 11.8. The number of carbonyl (C=O) groups is 1. The third-order valence-electron chi connectivity index (χ3n) is 3.88. The lowest BCUT2D eigenvalue weighted by Gasteiger charge is -2.02. The van der Waals surface area contributed by atoms with Gasteiger partial charge in [0, 0.05) is 11.8 Å². The maximum absolute atomic E-state index is 13.9. The third-order valence-corrected chi connectivity index (χ3v) is 3.88. The van der Waals surface area contributed by atoms with Crippen molar-refractivity contribution in [3.8, 4) is 0 Å². The van der Waals surface area contributed by atoms with E-state index in [2.05, 4.69) is 0 Å². The van der Waals surface area contributed by atoms with Crippen LogP contribution < -0.4 is 5.48 Å². The van der Waals surface area contributed by atoms with Crippen molar-refractivity contribution in [3.63, 3.8) is 0 Å². The number of hydrogen-bond acceptors (Lipinski definition) is 2. The van der Waals surface area contributed by atoms with Crippen molar-refractivity contribution < 1.29 is 14.4 Å². The standard InChI is InChI=1S/C16H14FNO2/c17-12-9-5-4-8-11(12)14-13(15(14)16(19)18-20)10-6-2-1-3-7-10/h1-9,13-15,20H,(H,18,19)/t13-,14?,15?/m1/s1. The van der Waals surface area contributed by atoms with Gasteiger partial charge in [0.2, 0.25) is 5.91 Å². The van der Waals surface area contributed by atoms with Crippen LogP contribution in [0.1, 0.15) is 23.0 Å². The fourth-order valence-electron chi connectivity index (χ4n) is 2.93. The quantitative estimate of drug-likeness (QED) is 0.666. The van der Waals surface area contributed by atoms with Gasteiger partial charge >= 0.3 is 0 Å². The van der Waals surface area contributed by atoms with Gasteiger partial charge in [-0.1, -0.05) is 48.5 Å². The molecule has 20 heavy (non-hydrogen) atoms. The van der Waals surface area contributed by atoms with Gasteiger partial charge in [-0.05, 0) is 17.2 Å². The van der Waals surface area contributed by atoms with Crippen molar-refractivity contribution in [2.45, 2.75) is 11.8 Å². The third kappa shape index (κ3) is 2.08. The first kappa shape index (κ1) is 12.8. The van der Waals surface area contributed by atoms with Crippen LogP contribution in [0.15, 0.2) is 54.6 Å². The van der Waals surface area contributed by atoms with Crippen molar-refractivity contribution in [1.82, 2.24) is 5.48 Å². The van der Waals surface area contributed by atoms with Gasteiger partial charge in [0.05, 0.1) is 5.92 Å². The van der Waals surface area contributed by atoms with E-state index >= 15 is 0 Å². The molecule has 2 unspecified atom stereocenters. The summed E-state index contributed by atoms with van der Waals surface area (Å²) in [6.07, 6.45) is 0. The molecule has 0 aliphatic heterocycles. The number of rotatable bonds is 3. The molecule has 1 aliphatic rings. The van der Waals surface area contributed by atoms with Crippen molar-refractivity contribution in [3.05, 3.63) is 71.5 Å². The Balaban J connectivity index is 1.97. The van der Waals surface area contributed by atoms with Gasteiger partial charge in [0.1, 0.15) is 5.82 Å². The molecule has 2 aromatic rings. The van der Waals surface area contributed by atoms with Crippen LogP contribution in [-0.2, 0) is 4.79 Å². The summed E-state index contributed by atoms with van der Waals surface area (Å²) >= 11 is 0. The molecule has 0 radical (unpaired) electrons. The average molecular weight is 271 g/mol. The second-order valence-corrected chi connectivity index (χ2v) is 4.99. The summed E-state index contributed by atoms with van der Waals surface area (Å²) in [5.41, 5.74) is 3.19. The van der Waals surface area contributed by atoms with Gasteiger partial charge in [-0.2, -0.15) is 0 Å². The molecule has 2 aromatic carbocycles. The van der Waals surface area contributed by atoms with Gasteiger partial charge in [0.25, 0.3) is 0 Å². The molecule has 0 spiro atoms. The van der Waals surface area contributed by atoms with Crippen LogP contribution in [0, 0.1) is 11.7 Å². The number of hydrogen-bond donors (Lipinski definition) is 2. The molecule has 1 aliphatic carbocycles. The van der Waals surface area contributed by atoms with Crippen molar-refractivity contribution in [2.24, 2.45) is 5.92 Å². The molecule has 1 amide bonds. The summed E-state index contributed by atoms with van der Waals surface area (Å²) < 4.78 is 13.9. The van der Waals surface area contributed by atoms with E-state index in [1.54, 1.807) is 23.7 Å². The Labute approximate surface area is 116 Å². The zero-order valence-corrected chi connectivity index (χ0v) is 10.7. The molecule has 0 aromatic heterocycles. The Morgan fingerprint density at radius 2 is 1.65 bits per heavy atom. The Morgan fingerprint density at radius 1 is 1.00 bits per heavy atom. The fourth-order valence-corrected chi connectivity index (χ4v) is 2.93. The summed E-state index contributed by atoms with van der Waals surface area (Å²) in [7, 11) is 0. The van der Waals surface area contributed by atoms with Gasteiger partial charge in [-0.25, -0.2) is 9.87 Å². The van der Waals surface area contributed by atoms with Crippen LogP contribution in [-0.4, -0.2) is 11.1 Å². The average Bonchev–Trinajstić information content (AvgIpc) is 3.23. The lowest BCUT2D eigenvalue weighted by molar-refractivity contribution is -0.130. The predicted octanol–water partition coefficient (Wildman–Crippen LogP) is 2.83. The van der Waals surface area contributed by atoms with E-state index in [4.69, 9.17) is 5.21 Å². The molecular weight excluding hydrogens is 257 g/mol. The van der Waals surface area contributed by atoms with E-state index in [1.165, 1.54) is 6.07 Å². The Kier molecular flexibility index (Phi) is 3.24.